The number of aryl methyl sites for hydroxylation is 1. The average Bonchev–Trinajstić information content (AvgIpc) is 2.16. The summed E-state index contributed by atoms with van der Waals surface area (Å²) >= 11 is 0. The Bertz CT molecular complexity index is 503. The van der Waals surface area contributed by atoms with Gasteiger partial charge in [-0.05, 0) is 24.1 Å². The van der Waals surface area contributed by atoms with E-state index in [9.17, 15) is 13.2 Å². The Morgan fingerprint density at radius 3 is 2.44 bits per heavy atom. The SMILES string of the molecule is CCCc1ccc(S(C)(=O)=O)cc1C(=O)O. The third-order valence-electron chi connectivity index (χ3n) is 2.26. The molecule has 0 saturated carbocycles. The van der Waals surface area contributed by atoms with Crippen LogP contribution in [0.4, 0.5) is 0 Å². The molecule has 0 unspecified atom stereocenters. The van der Waals surface area contributed by atoms with E-state index in [0.717, 1.165) is 12.7 Å². The van der Waals surface area contributed by atoms with Crippen molar-refractivity contribution in [3.63, 3.8) is 0 Å². The molecule has 16 heavy (non-hydrogen) atoms. The first kappa shape index (κ1) is 12.7. The molecule has 0 aromatic heterocycles. The zero-order chi connectivity index (χ0) is 12.3. The molecule has 0 aliphatic heterocycles. The van der Waals surface area contributed by atoms with Crippen molar-refractivity contribution in [3.8, 4) is 0 Å². The van der Waals surface area contributed by atoms with Crippen molar-refractivity contribution in [2.24, 2.45) is 0 Å². The summed E-state index contributed by atoms with van der Waals surface area (Å²) in [7, 11) is -3.35. The number of carboxylic acids is 1. The molecule has 0 fully saturated rings. The van der Waals surface area contributed by atoms with Gasteiger partial charge in [0.25, 0.3) is 0 Å². The first-order valence-corrected chi connectivity index (χ1v) is 6.81. The van der Waals surface area contributed by atoms with E-state index in [0.29, 0.717) is 12.0 Å². The summed E-state index contributed by atoms with van der Waals surface area (Å²) in [5, 5.41) is 8.99. The van der Waals surface area contributed by atoms with Crippen LogP contribution in [-0.4, -0.2) is 25.7 Å². The maximum Gasteiger partial charge on any atom is 0.336 e. The van der Waals surface area contributed by atoms with E-state index in [1.807, 2.05) is 6.92 Å². The molecule has 1 aromatic carbocycles. The third-order valence-corrected chi connectivity index (χ3v) is 3.37. The van der Waals surface area contributed by atoms with E-state index in [4.69, 9.17) is 5.11 Å². The van der Waals surface area contributed by atoms with Crippen molar-refractivity contribution in [2.45, 2.75) is 24.7 Å². The fourth-order valence-corrected chi connectivity index (χ4v) is 2.12. The van der Waals surface area contributed by atoms with E-state index in [-0.39, 0.29) is 10.5 Å². The molecule has 0 amide bonds. The maximum absolute atomic E-state index is 11.3. The fourth-order valence-electron chi connectivity index (χ4n) is 1.47. The molecule has 0 aliphatic rings. The zero-order valence-corrected chi connectivity index (χ0v) is 10.0. The second-order valence-electron chi connectivity index (χ2n) is 3.65. The summed E-state index contributed by atoms with van der Waals surface area (Å²) in [6.07, 6.45) is 2.51. The number of hydrogen-bond acceptors (Lipinski definition) is 3. The normalized spacial score (nSPS) is 11.4. The molecule has 4 nitrogen and oxygen atoms in total. The molecule has 0 saturated heterocycles. The quantitative estimate of drug-likeness (QED) is 0.873. The van der Waals surface area contributed by atoms with Crippen molar-refractivity contribution in [1.29, 1.82) is 0 Å². The molecular weight excluding hydrogens is 228 g/mol. The van der Waals surface area contributed by atoms with Gasteiger partial charge in [0.1, 0.15) is 0 Å². The third kappa shape index (κ3) is 2.82. The average molecular weight is 242 g/mol. The summed E-state index contributed by atoms with van der Waals surface area (Å²) in [5.41, 5.74) is 0.743. The highest BCUT2D eigenvalue weighted by Crippen LogP contribution is 2.17. The van der Waals surface area contributed by atoms with Gasteiger partial charge in [0, 0.05) is 6.26 Å². The number of carboxylic acid groups (broad SMARTS) is 1. The molecule has 5 heteroatoms. The topological polar surface area (TPSA) is 71.4 Å². The summed E-state index contributed by atoms with van der Waals surface area (Å²) < 4.78 is 22.6. The molecule has 0 bridgehead atoms. The Morgan fingerprint density at radius 1 is 1.38 bits per heavy atom. The van der Waals surface area contributed by atoms with Crippen LogP contribution < -0.4 is 0 Å². The lowest BCUT2D eigenvalue weighted by Gasteiger charge is -2.06. The molecule has 88 valence electrons. The minimum Gasteiger partial charge on any atom is -0.478 e. The summed E-state index contributed by atoms with van der Waals surface area (Å²) in [6.45, 7) is 1.94. The maximum atomic E-state index is 11.3. The summed E-state index contributed by atoms with van der Waals surface area (Å²) in [6, 6.07) is 4.25. The summed E-state index contributed by atoms with van der Waals surface area (Å²) in [4.78, 5) is 11.0. The first-order chi connectivity index (χ1) is 7.36. The van der Waals surface area contributed by atoms with Crippen LogP contribution in [0.2, 0.25) is 0 Å². The van der Waals surface area contributed by atoms with Gasteiger partial charge in [-0.15, -0.1) is 0 Å². The van der Waals surface area contributed by atoms with Gasteiger partial charge in [-0.1, -0.05) is 19.4 Å². The van der Waals surface area contributed by atoms with Gasteiger partial charge < -0.3 is 5.11 Å². The largest absolute Gasteiger partial charge is 0.478 e. The number of hydrogen-bond donors (Lipinski definition) is 1. The van der Waals surface area contributed by atoms with Crippen molar-refractivity contribution in [2.75, 3.05) is 6.26 Å². The molecular formula is C11H14O4S. The van der Waals surface area contributed by atoms with Crippen LogP contribution in [0, 0.1) is 0 Å². The van der Waals surface area contributed by atoms with E-state index >= 15 is 0 Å². The monoisotopic (exact) mass is 242 g/mol. The lowest BCUT2D eigenvalue weighted by atomic mass is 10.0. The highest BCUT2D eigenvalue weighted by molar-refractivity contribution is 7.90. The second-order valence-corrected chi connectivity index (χ2v) is 5.66. The predicted octanol–water partition coefficient (Wildman–Crippen LogP) is 1.74. The van der Waals surface area contributed by atoms with Gasteiger partial charge in [-0.3, -0.25) is 0 Å². The highest BCUT2D eigenvalue weighted by Gasteiger charge is 2.14. The Morgan fingerprint density at radius 2 is 2.00 bits per heavy atom. The molecule has 1 N–H and O–H groups in total. The van der Waals surface area contributed by atoms with E-state index < -0.39 is 15.8 Å². The van der Waals surface area contributed by atoms with E-state index in [2.05, 4.69) is 0 Å². The van der Waals surface area contributed by atoms with Crippen LogP contribution in [0.15, 0.2) is 23.1 Å². The van der Waals surface area contributed by atoms with Crippen molar-refractivity contribution in [3.05, 3.63) is 29.3 Å². The standard InChI is InChI=1S/C11H14O4S/c1-3-4-8-5-6-9(16(2,14)15)7-10(8)11(12)13/h5-7H,3-4H2,1-2H3,(H,12,13). The number of rotatable bonds is 4. The minimum atomic E-state index is -3.35. The van der Waals surface area contributed by atoms with Crippen LogP contribution in [0.5, 0.6) is 0 Å². The first-order valence-electron chi connectivity index (χ1n) is 4.92. The molecule has 0 atom stereocenters. The Balaban J connectivity index is 3.34. The van der Waals surface area contributed by atoms with Crippen molar-refractivity contribution < 1.29 is 18.3 Å². The Hall–Kier alpha value is -1.36. The lowest BCUT2D eigenvalue weighted by molar-refractivity contribution is 0.0695. The van der Waals surface area contributed by atoms with Crippen LogP contribution in [0.1, 0.15) is 29.3 Å². The number of aromatic carboxylic acids is 1. The number of carbonyl (C=O) groups is 1. The second kappa shape index (κ2) is 4.65. The predicted molar refractivity (Wildman–Crippen MR) is 60.5 cm³/mol. The molecule has 0 aliphatic carbocycles. The molecule has 0 radical (unpaired) electrons. The van der Waals surface area contributed by atoms with Crippen molar-refractivity contribution in [1.82, 2.24) is 0 Å². The van der Waals surface area contributed by atoms with Crippen LogP contribution in [-0.2, 0) is 16.3 Å². The fraction of sp³-hybridized carbons (Fsp3) is 0.364. The van der Waals surface area contributed by atoms with Crippen molar-refractivity contribution >= 4 is 15.8 Å². The highest BCUT2D eigenvalue weighted by atomic mass is 32.2. The molecule has 1 aromatic rings. The molecule has 1 rings (SSSR count). The summed E-state index contributed by atoms with van der Waals surface area (Å²) in [5.74, 6) is -1.09. The minimum absolute atomic E-state index is 0.0461. The van der Waals surface area contributed by atoms with E-state index in [1.54, 1.807) is 6.07 Å². The van der Waals surface area contributed by atoms with Gasteiger partial charge in [-0.2, -0.15) is 0 Å². The van der Waals surface area contributed by atoms with Crippen LogP contribution in [0.25, 0.3) is 0 Å². The lowest BCUT2D eigenvalue weighted by Crippen LogP contribution is -2.06. The Labute approximate surface area is 94.8 Å². The molecule has 0 heterocycles. The van der Waals surface area contributed by atoms with Gasteiger partial charge in [0.2, 0.25) is 0 Å². The number of benzene rings is 1. The zero-order valence-electron chi connectivity index (χ0n) is 9.23. The Kier molecular flexibility index (Phi) is 3.70. The van der Waals surface area contributed by atoms with Gasteiger partial charge in [0.05, 0.1) is 10.5 Å². The number of sulfone groups is 1. The van der Waals surface area contributed by atoms with Gasteiger partial charge in [-0.25, -0.2) is 13.2 Å². The van der Waals surface area contributed by atoms with Gasteiger partial charge in [0.15, 0.2) is 9.84 Å². The van der Waals surface area contributed by atoms with Crippen LogP contribution >= 0.6 is 0 Å². The van der Waals surface area contributed by atoms with E-state index in [1.165, 1.54) is 12.1 Å². The smallest absolute Gasteiger partial charge is 0.336 e. The van der Waals surface area contributed by atoms with Crippen LogP contribution in [0.3, 0.4) is 0 Å². The van der Waals surface area contributed by atoms with Gasteiger partial charge >= 0.3 is 5.97 Å². The molecule has 0 spiro atoms.